The lowest BCUT2D eigenvalue weighted by atomic mass is 10.2. The number of anilines is 1. The SMILES string of the molecule is CN1CCN(Nc2ccc(S(=O)(=O)NC(=O)c3ccccc3Oc3cccc(F)c3F)cc2[N+](=O)[O-])CC1. The van der Waals surface area contributed by atoms with E-state index in [-0.39, 0.29) is 17.0 Å². The van der Waals surface area contributed by atoms with E-state index in [2.05, 4.69) is 10.3 Å². The van der Waals surface area contributed by atoms with E-state index in [1.54, 1.807) is 5.01 Å². The number of nitro groups is 1. The Balaban J connectivity index is 1.56. The van der Waals surface area contributed by atoms with Gasteiger partial charge in [-0.3, -0.25) is 14.9 Å². The Morgan fingerprint density at radius 1 is 1.00 bits per heavy atom. The zero-order valence-corrected chi connectivity index (χ0v) is 20.9. The number of piperazine rings is 1. The van der Waals surface area contributed by atoms with Gasteiger partial charge in [-0.2, -0.15) is 4.39 Å². The van der Waals surface area contributed by atoms with E-state index >= 15 is 0 Å². The van der Waals surface area contributed by atoms with Gasteiger partial charge in [-0.05, 0) is 43.4 Å². The average Bonchev–Trinajstić information content (AvgIpc) is 2.88. The zero-order valence-electron chi connectivity index (χ0n) is 20.1. The average molecular weight is 548 g/mol. The highest BCUT2D eigenvalue weighted by molar-refractivity contribution is 7.90. The smallest absolute Gasteiger partial charge is 0.295 e. The van der Waals surface area contributed by atoms with Crippen LogP contribution in [0.15, 0.2) is 65.6 Å². The summed E-state index contributed by atoms with van der Waals surface area (Å²) in [5.41, 5.74) is 2.26. The number of carbonyl (C=O) groups is 1. The van der Waals surface area contributed by atoms with Crippen LogP contribution in [0.2, 0.25) is 0 Å². The maximum absolute atomic E-state index is 14.1. The van der Waals surface area contributed by atoms with Gasteiger partial charge < -0.3 is 15.1 Å². The number of carbonyl (C=O) groups excluding carboxylic acids is 1. The van der Waals surface area contributed by atoms with Crippen LogP contribution in [0.5, 0.6) is 11.5 Å². The fourth-order valence-corrected chi connectivity index (χ4v) is 4.66. The van der Waals surface area contributed by atoms with Crippen LogP contribution in [0.4, 0.5) is 20.2 Å². The molecule has 14 heteroatoms. The molecule has 1 aliphatic heterocycles. The van der Waals surface area contributed by atoms with Crippen molar-refractivity contribution >= 4 is 27.3 Å². The Bertz CT molecular complexity index is 1480. The summed E-state index contributed by atoms with van der Waals surface area (Å²) in [4.78, 5) is 25.4. The number of sulfonamides is 1. The molecule has 3 aromatic carbocycles. The van der Waals surface area contributed by atoms with Crippen molar-refractivity contribution < 1.29 is 31.7 Å². The number of hydrogen-bond acceptors (Lipinski definition) is 9. The number of nitrogens with zero attached hydrogens (tertiary/aromatic N) is 3. The maximum atomic E-state index is 14.1. The summed E-state index contributed by atoms with van der Waals surface area (Å²) in [5.74, 6) is -4.33. The minimum absolute atomic E-state index is 0.0979. The van der Waals surface area contributed by atoms with Crippen LogP contribution >= 0.6 is 0 Å². The lowest BCUT2D eigenvalue weighted by Gasteiger charge is -2.32. The summed E-state index contributed by atoms with van der Waals surface area (Å²) < 4.78 is 60.7. The summed E-state index contributed by atoms with van der Waals surface area (Å²) in [6.45, 7) is 2.70. The normalized spacial score (nSPS) is 14.6. The molecule has 0 aromatic heterocycles. The lowest BCUT2D eigenvalue weighted by Crippen LogP contribution is -2.47. The fourth-order valence-electron chi connectivity index (χ4n) is 3.67. The molecule has 0 spiro atoms. The van der Waals surface area contributed by atoms with Crippen LogP contribution in [-0.2, 0) is 10.0 Å². The molecule has 1 aliphatic rings. The van der Waals surface area contributed by atoms with Gasteiger partial charge in [-0.1, -0.05) is 18.2 Å². The summed E-state index contributed by atoms with van der Waals surface area (Å²) in [7, 11) is -2.61. The van der Waals surface area contributed by atoms with Crippen LogP contribution < -0.4 is 14.9 Å². The van der Waals surface area contributed by atoms with Gasteiger partial charge in [0.2, 0.25) is 5.82 Å². The van der Waals surface area contributed by atoms with Gasteiger partial charge in [0.1, 0.15) is 11.4 Å². The third-order valence-electron chi connectivity index (χ3n) is 5.75. The molecule has 0 bridgehead atoms. The largest absolute Gasteiger partial charge is 0.453 e. The number of para-hydroxylation sites is 1. The number of hydrogen-bond donors (Lipinski definition) is 2. The third-order valence-corrected chi connectivity index (χ3v) is 7.08. The number of amides is 1. The zero-order chi connectivity index (χ0) is 27.4. The second-order valence-electron chi connectivity index (χ2n) is 8.42. The molecular formula is C24H23F2N5O6S. The molecule has 0 unspecified atom stereocenters. The second kappa shape index (κ2) is 11.1. The van der Waals surface area contributed by atoms with Crippen molar-refractivity contribution in [3.05, 3.63) is 88.0 Å². The van der Waals surface area contributed by atoms with Crippen LogP contribution in [0, 0.1) is 21.7 Å². The minimum Gasteiger partial charge on any atom is -0.453 e. The summed E-state index contributed by atoms with van der Waals surface area (Å²) in [6, 6.07) is 11.8. The molecule has 4 rings (SSSR count). The Kier molecular flexibility index (Phi) is 7.85. The highest BCUT2D eigenvalue weighted by Gasteiger charge is 2.26. The van der Waals surface area contributed by atoms with E-state index in [0.717, 1.165) is 37.4 Å². The number of rotatable bonds is 8. The molecular weight excluding hydrogens is 524 g/mol. The van der Waals surface area contributed by atoms with Crippen molar-refractivity contribution in [3.63, 3.8) is 0 Å². The van der Waals surface area contributed by atoms with Gasteiger partial charge in [0.05, 0.1) is 15.4 Å². The van der Waals surface area contributed by atoms with E-state index in [1.807, 2.05) is 11.8 Å². The van der Waals surface area contributed by atoms with Crippen LogP contribution in [-0.4, -0.2) is 62.4 Å². The molecule has 1 heterocycles. The number of nitro benzene ring substituents is 1. The monoisotopic (exact) mass is 547 g/mol. The molecule has 0 saturated carbocycles. The van der Waals surface area contributed by atoms with E-state index in [1.165, 1.54) is 36.4 Å². The predicted molar refractivity (Wildman–Crippen MR) is 133 cm³/mol. The van der Waals surface area contributed by atoms with Crippen LogP contribution in [0.3, 0.4) is 0 Å². The molecule has 2 N–H and O–H groups in total. The summed E-state index contributed by atoms with van der Waals surface area (Å²) in [6.07, 6.45) is 0. The Morgan fingerprint density at radius 3 is 2.39 bits per heavy atom. The third kappa shape index (κ3) is 6.04. The molecule has 0 radical (unpaired) electrons. The second-order valence-corrected chi connectivity index (χ2v) is 10.1. The van der Waals surface area contributed by atoms with E-state index in [0.29, 0.717) is 13.1 Å². The molecule has 1 saturated heterocycles. The van der Waals surface area contributed by atoms with Gasteiger partial charge in [0, 0.05) is 32.2 Å². The number of likely N-dealkylation sites (N-methyl/N-ethyl adjacent to an activating group) is 1. The molecule has 1 fully saturated rings. The van der Waals surface area contributed by atoms with Crippen molar-refractivity contribution in [1.82, 2.24) is 14.6 Å². The maximum Gasteiger partial charge on any atom is 0.295 e. The molecule has 200 valence electrons. The molecule has 38 heavy (non-hydrogen) atoms. The fraction of sp³-hybridized carbons (Fsp3) is 0.208. The predicted octanol–water partition coefficient (Wildman–Crippen LogP) is 3.36. The number of benzene rings is 3. The van der Waals surface area contributed by atoms with Gasteiger partial charge in [-0.25, -0.2) is 22.5 Å². The topological polar surface area (TPSA) is 134 Å². The van der Waals surface area contributed by atoms with E-state index in [4.69, 9.17) is 4.74 Å². The van der Waals surface area contributed by atoms with Crippen molar-refractivity contribution in [2.45, 2.75) is 4.90 Å². The Morgan fingerprint density at radius 2 is 1.68 bits per heavy atom. The number of nitrogens with one attached hydrogen (secondary N) is 2. The lowest BCUT2D eigenvalue weighted by molar-refractivity contribution is -0.384. The van der Waals surface area contributed by atoms with Crippen molar-refractivity contribution in [1.29, 1.82) is 0 Å². The first-order chi connectivity index (χ1) is 18.0. The Labute approximate surface area is 216 Å². The van der Waals surface area contributed by atoms with Crippen LogP contribution in [0.1, 0.15) is 10.4 Å². The van der Waals surface area contributed by atoms with Gasteiger partial charge in [0.15, 0.2) is 11.6 Å². The molecule has 3 aromatic rings. The highest BCUT2D eigenvalue weighted by atomic mass is 32.2. The molecule has 11 nitrogen and oxygen atoms in total. The highest BCUT2D eigenvalue weighted by Crippen LogP contribution is 2.30. The summed E-state index contributed by atoms with van der Waals surface area (Å²) in [5, 5.41) is 13.5. The van der Waals surface area contributed by atoms with E-state index in [9.17, 15) is 32.1 Å². The first-order valence-electron chi connectivity index (χ1n) is 11.3. The van der Waals surface area contributed by atoms with Gasteiger partial charge >= 0.3 is 0 Å². The standard InChI is InChI=1S/C24H23F2N5O6S/c1-29-11-13-30(14-12-29)27-19-10-9-16(15-20(19)31(33)34)38(35,36)28-24(32)17-5-2-3-7-21(17)37-22-8-4-6-18(25)23(22)26/h2-10,15,27H,11-14H2,1H3,(H,28,32). The number of hydrazine groups is 1. The number of halogens is 2. The quantitative estimate of drug-likeness (QED) is 0.322. The first kappa shape index (κ1) is 26.9. The van der Waals surface area contributed by atoms with Crippen molar-refractivity contribution in [2.24, 2.45) is 0 Å². The number of ether oxygens (including phenoxy) is 1. The molecule has 0 atom stereocenters. The van der Waals surface area contributed by atoms with Crippen molar-refractivity contribution in [2.75, 3.05) is 38.7 Å². The van der Waals surface area contributed by atoms with Crippen LogP contribution in [0.25, 0.3) is 0 Å². The van der Waals surface area contributed by atoms with E-state index < -0.39 is 48.8 Å². The Hall–Kier alpha value is -4.14. The first-order valence-corrected chi connectivity index (χ1v) is 12.8. The minimum atomic E-state index is -4.57. The van der Waals surface area contributed by atoms with Crippen molar-refractivity contribution in [3.8, 4) is 11.5 Å². The van der Waals surface area contributed by atoms with Gasteiger partial charge in [0.25, 0.3) is 21.6 Å². The van der Waals surface area contributed by atoms with Gasteiger partial charge in [-0.15, -0.1) is 0 Å². The summed E-state index contributed by atoms with van der Waals surface area (Å²) >= 11 is 0. The molecule has 1 amide bonds. The molecule has 0 aliphatic carbocycles.